The third-order valence-electron chi connectivity index (χ3n) is 4.09. The summed E-state index contributed by atoms with van der Waals surface area (Å²) >= 11 is 0. The zero-order chi connectivity index (χ0) is 19.3. The van der Waals surface area contributed by atoms with Crippen LogP contribution in [0.3, 0.4) is 0 Å². The van der Waals surface area contributed by atoms with Crippen LogP contribution in [0.4, 0.5) is 5.69 Å². The van der Waals surface area contributed by atoms with Gasteiger partial charge in [-0.15, -0.1) is 0 Å². The van der Waals surface area contributed by atoms with E-state index in [9.17, 15) is 13.2 Å². The molecule has 0 spiro atoms. The topological polar surface area (TPSA) is 89.3 Å². The quantitative estimate of drug-likeness (QED) is 0.688. The SMILES string of the molecule is NS(=O)(=O)Cc1cccc(NC(=O)C(c2ccccc2)c2ccccc2)c1. The number of hydrogen-bond acceptors (Lipinski definition) is 3. The first-order valence-electron chi connectivity index (χ1n) is 8.42. The first kappa shape index (κ1) is 18.8. The number of carbonyl (C=O) groups is 1. The highest BCUT2D eigenvalue weighted by Gasteiger charge is 2.22. The molecule has 3 aromatic rings. The Morgan fingerprint density at radius 3 is 1.93 bits per heavy atom. The summed E-state index contributed by atoms with van der Waals surface area (Å²) in [5.41, 5.74) is 2.80. The van der Waals surface area contributed by atoms with E-state index in [-0.39, 0.29) is 11.7 Å². The van der Waals surface area contributed by atoms with E-state index >= 15 is 0 Å². The van der Waals surface area contributed by atoms with Crippen molar-refractivity contribution in [1.82, 2.24) is 0 Å². The van der Waals surface area contributed by atoms with Crippen molar-refractivity contribution >= 4 is 21.6 Å². The monoisotopic (exact) mass is 380 g/mol. The van der Waals surface area contributed by atoms with Crippen molar-refractivity contribution < 1.29 is 13.2 Å². The van der Waals surface area contributed by atoms with Crippen LogP contribution in [-0.4, -0.2) is 14.3 Å². The van der Waals surface area contributed by atoms with E-state index in [1.807, 2.05) is 60.7 Å². The standard InChI is InChI=1S/C21H20N2O3S/c22-27(25,26)15-16-8-7-13-19(14-16)23-21(24)20(17-9-3-1-4-10-17)18-11-5-2-6-12-18/h1-14,20H,15H2,(H,23,24)(H2,22,25,26). The van der Waals surface area contributed by atoms with Crippen LogP contribution < -0.4 is 10.5 Å². The van der Waals surface area contributed by atoms with Crippen molar-refractivity contribution in [2.45, 2.75) is 11.7 Å². The van der Waals surface area contributed by atoms with Gasteiger partial charge in [0.1, 0.15) is 0 Å². The van der Waals surface area contributed by atoms with Gasteiger partial charge in [-0.2, -0.15) is 0 Å². The molecular formula is C21H20N2O3S. The summed E-state index contributed by atoms with van der Waals surface area (Å²) in [6.45, 7) is 0. The second-order valence-electron chi connectivity index (χ2n) is 6.25. The molecule has 0 aliphatic rings. The lowest BCUT2D eigenvalue weighted by atomic mass is 9.90. The Balaban J connectivity index is 1.89. The van der Waals surface area contributed by atoms with Crippen LogP contribution in [0.25, 0.3) is 0 Å². The number of sulfonamides is 1. The number of nitrogens with one attached hydrogen (secondary N) is 1. The Hall–Kier alpha value is -2.96. The van der Waals surface area contributed by atoms with Gasteiger partial charge in [0.05, 0.1) is 11.7 Å². The molecule has 1 amide bonds. The molecule has 0 fully saturated rings. The highest BCUT2D eigenvalue weighted by Crippen LogP contribution is 2.26. The average Bonchev–Trinajstić information content (AvgIpc) is 2.62. The molecule has 0 atom stereocenters. The summed E-state index contributed by atoms with van der Waals surface area (Å²) in [5, 5.41) is 7.99. The van der Waals surface area contributed by atoms with Crippen LogP contribution in [0, 0.1) is 0 Å². The summed E-state index contributed by atoms with van der Waals surface area (Å²) in [6, 6.07) is 25.7. The molecular weight excluding hydrogens is 360 g/mol. The maximum absolute atomic E-state index is 13.1. The van der Waals surface area contributed by atoms with Crippen LogP contribution in [-0.2, 0) is 20.6 Å². The molecule has 6 heteroatoms. The van der Waals surface area contributed by atoms with Gasteiger partial charge in [0.15, 0.2) is 0 Å². The van der Waals surface area contributed by atoms with Crippen molar-refractivity contribution in [3.63, 3.8) is 0 Å². The maximum Gasteiger partial charge on any atom is 0.236 e. The number of benzene rings is 3. The lowest BCUT2D eigenvalue weighted by molar-refractivity contribution is -0.116. The fourth-order valence-corrected chi connectivity index (χ4v) is 3.62. The molecule has 0 unspecified atom stereocenters. The van der Waals surface area contributed by atoms with Crippen LogP contribution in [0.5, 0.6) is 0 Å². The minimum atomic E-state index is -3.64. The Morgan fingerprint density at radius 2 is 1.41 bits per heavy atom. The highest BCUT2D eigenvalue weighted by atomic mass is 32.2. The summed E-state index contributed by atoms with van der Waals surface area (Å²) in [5.74, 6) is -0.952. The molecule has 0 radical (unpaired) electrons. The number of amides is 1. The number of primary sulfonamides is 1. The van der Waals surface area contributed by atoms with Gasteiger partial charge in [-0.1, -0.05) is 72.8 Å². The smallest absolute Gasteiger partial charge is 0.236 e. The Labute approximate surface area is 158 Å². The maximum atomic E-state index is 13.1. The van der Waals surface area contributed by atoms with Gasteiger partial charge >= 0.3 is 0 Å². The van der Waals surface area contributed by atoms with E-state index in [2.05, 4.69) is 5.32 Å². The third-order valence-corrected chi connectivity index (χ3v) is 4.83. The second-order valence-corrected chi connectivity index (χ2v) is 7.87. The summed E-state index contributed by atoms with van der Waals surface area (Å²) in [4.78, 5) is 13.1. The fourth-order valence-electron chi connectivity index (χ4n) is 2.97. The van der Waals surface area contributed by atoms with E-state index in [1.54, 1.807) is 24.3 Å². The number of nitrogens with two attached hydrogens (primary N) is 1. The lowest BCUT2D eigenvalue weighted by Crippen LogP contribution is -2.22. The molecule has 0 aliphatic heterocycles. The fraction of sp³-hybridized carbons (Fsp3) is 0.0952. The number of hydrogen-bond donors (Lipinski definition) is 2. The number of rotatable bonds is 6. The number of carbonyl (C=O) groups excluding carboxylic acids is 1. The van der Waals surface area contributed by atoms with E-state index in [0.717, 1.165) is 11.1 Å². The van der Waals surface area contributed by atoms with E-state index in [4.69, 9.17) is 5.14 Å². The predicted molar refractivity (Wildman–Crippen MR) is 107 cm³/mol. The molecule has 5 nitrogen and oxygen atoms in total. The van der Waals surface area contributed by atoms with E-state index in [1.165, 1.54) is 0 Å². The molecule has 0 heterocycles. The van der Waals surface area contributed by atoms with Gasteiger partial charge in [0.25, 0.3) is 0 Å². The van der Waals surface area contributed by atoms with E-state index < -0.39 is 15.9 Å². The Morgan fingerprint density at radius 1 is 0.852 bits per heavy atom. The van der Waals surface area contributed by atoms with Crippen LogP contribution in [0.2, 0.25) is 0 Å². The van der Waals surface area contributed by atoms with Crippen molar-refractivity contribution in [2.24, 2.45) is 5.14 Å². The average molecular weight is 380 g/mol. The van der Waals surface area contributed by atoms with Crippen molar-refractivity contribution in [3.8, 4) is 0 Å². The normalized spacial score (nSPS) is 11.3. The molecule has 0 aliphatic carbocycles. The molecule has 0 bridgehead atoms. The molecule has 27 heavy (non-hydrogen) atoms. The summed E-state index contributed by atoms with van der Waals surface area (Å²) in [6.07, 6.45) is 0. The molecule has 3 rings (SSSR count). The Bertz CT molecular complexity index is 980. The third kappa shape index (κ3) is 5.26. The minimum Gasteiger partial charge on any atom is -0.325 e. The van der Waals surface area contributed by atoms with Gasteiger partial charge in [-0.25, -0.2) is 13.6 Å². The van der Waals surface area contributed by atoms with Crippen LogP contribution in [0.1, 0.15) is 22.6 Å². The van der Waals surface area contributed by atoms with Gasteiger partial charge in [-0.3, -0.25) is 4.79 Å². The molecule has 3 aromatic carbocycles. The largest absolute Gasteiger partial charge is 0.325 e. The molecule has 3 N–H and O–H groups in total. The van der Waals surface area contributed by atoms with Gasteiger partial charge in [-0.05, 0) is 28.8 Å². The second kappa shape index (κ2) is 8.16. The molecule has 0 saturated heterocycles. The predicted octanol–water partition coefficient (Wildman–Crippen LogP) is 3.25. The Kier molecular flexibility index (Phi) is 5.69. The lowest BCUT2D eigenvalue weighted by Gasteiger charge is -2.18. The van der Waals surface area contributed by atoms with Crippen molar-refractivity contribution in [2.75, 3.05) is 5.32 Å². The summed E-state index contributed by atoms with van der Waals surface area (Å²) < 4.78 is 22.6. The van der Waals surface area contributed by atoms with Crippen LogP contribution >= 0.6 is 0 Å². The van der Waals surface area contributed by atoms with E-state index in [0.29, 0.717) is 11.3 Å². The summed E-state index contributed by atoms with van der Waals surface area (Å²) in [7, 11) is -3.64. The zero-order valence-corrected chi connectivity index (χ0v) is 15.4. The van der Waals surface area contributed by atoms with Gasteiger partial charge < -0.3 is 5.32 Å². The number of anilines is 1. The van der Waals surface area contributed by atoms with Crippen molar-refractivity contribution in [1.29, 1.82) is 0 Å². The van der Waals surface area contributed by atoms with Gasteiger partial charge in [0.2, 0.25) is 15.9 Å². The molecule has 0 aromatic heterocycles. The highest BCUT2D eigenvalue weighted by molar-refractivity contribution is 7.88. The van der Waals surface area contributed by atoms with Gasteiger partial charge in [0, 0.05) is 5.69 Å². The minimum absolute atomic E-state index is 0.194. The molecule has 0 saturated carbocycles. The first-order chi connectivity index (χ1) is 12.9. The molecule has 138 valence electrons. The van der Waals surface area contributed by atoms with Crippen LogP contribution in [0.15, 0.2) is 84.9 Å². The van der Waals surface area contributed by atoms with Crippen molar-refractivity contribution in [3.05, 3.63) is 102 Å². The zero-order valence-electron chi connectivity index (χ0n) is 14.6. The first-order valence-corrected chi connectivity index (χ1v) is 10.1.